The van der Waals surface area contributed by atoms with Gasteiger partial charge in [0.1, 0.15) is 17.6 Å². The van der Waals surface area contributed by atoms with Gasteiger partial charge < -0.3 is 15.0 Å². The Kier molecular flexibility index (Phi) is 8.18. The van der Waals surface area contributed by atoms with Gasteiger partial charge in [-0.2, -0.15) is 0 Å². The quantitative estimate of drug-likeness (QED) is 0.376. The maximum Gasteiger partial charge on any atom is 0.256 e. The van der Waals surface area contributed by atoms with Gasteiger partial charge in [-0.05, 0) is 79.7 Å². The van der Waals surface area contributed by atoms with Crippen molar-refractivity contribution in [1.82, 2.24) is 4.90 Å². The molecule has 3 aromatic carbocycles. The maximum absolute atomic E-state index is 13.5. The van der Waals surface area contributed by atoms with Crippen molar-refractivity contribution in [2.75, 3.05) is 23.4 Å². The van der Waals surface area contributed by atoms with Crippen molar-refractivity contribution in [3.05, 3.63) is 89.2 Å². The molecule has 1 heterocycles. The lowest BCUT2D eigenvalue weighted by Gasteiger charge is -2.24. The van der Waals surface area contributed by atoms with Gasteiger partial charge in [-0.3, -0.25) is 14.5 Å². The summed E-state index contributed by atoms with van der Waals surface area (Å²) in [5, 5.41) is 3.69. The van der Waals surface area contributed by atoms with E-state index in [4.69, 9.17) is 28.6 Å². The predicted molar refractivity (Wildman–Crippen MR) is 143 cm³/mol. The number of anilines is 2. The first-order valence-corrected chi connectivity index (χ1v) is 12.3. The largest absolute Gasteiger partial charge is 0.494 e. The minimum atomic E-state index is -0.788. The van der Waals surface area contributed by atoms with E-state index in [0.717, 1.165) is 5.56 Å². The van der Waals surface area contributed by atoms with Crippen molar-refractivity contribution in [2.24, 2.45) is 0 Å². The third-order valence-electron chi connectivity index (χ3n) is 5.77. The normalized spacial score (nSPS) is 15.4. The third kappa shape index (κ3) is 6.01. The van der Waals surface area contributed by atoms with Gasteiger partial charge in [0.25, 0.3) is 5.91 Å². The van der Waals surface area contributed by atoms with Crippen LogP contribution in [-0.4, -0.2) is 41.0 Å². The van der Waals surface area contributed by atoms with Gasteiger partial charge in [-0.1, -0.05) is 29.8 Å². The molecular weight excluding hydrogens is 501 g/mol. The van der Waals surface area contributed by atoms with E-state index in [-0.39, 0.29) is 24.1 Å². The van der Waals surface area contributed by atoms with Gasteiger partial charge in [0, 0.05) is 23.3 Å². The number of rotatable bonds is 9. The second-order valence-corrected chi connectivity index (χ2v) is 9.03. The fourth-order valence-electron chi connectivity index (χ4n) is 4.03. The van der Waals surface area contributed by atoms with E-state index in [1.807, 2.05) is 6.92 Å². The van der Waals surface area contributed by atoms with E-state index >= 15 is 0 Å². The van der Waals surface area contributed by atoms with E-state index in [0.29, 0.717) is 46.8 Å². The summed E-state index contributed by atoms with van der Waals surface area (Å²) in [6.07, 6.45) is 0.433. The number of halogens is 2. The topological polar surface area (TPSA) is 61.9 Å². The molecule has 6 nitrogen and oxygen atoms in total. The van der Waals surface area contributed by atoms with Crippen LogP contribution in [0.3, 0.4) is 0 Å². The number of benzene rings is 3. The molecule has 1 atom stereocenters. The zero-order valence-corrected chi connectivity index (χ0v) is 21.2. The smallest absolute Gasteiger partial charge is 0.256 e. The second-order valence-electron chi connectivity index (χ2n) is 8.23. The van der Waals surface area contributed by atoms with E-state index < -0.39 is 6.04 Å². The first kappa shape index (κ1) is 25.6. The van der Waals surface area contributed by atoms with Crippen LogP contribution in [0.15, 0.2) is 72.8 Å². The van der Waals surface area contributed by atoms with Crippen LogP contribution < -0.4 is 15.0 Å². The van der Waals surface area contributed by atoms with Crippen LogP contribution in [-0.2, 0) is 16.0 Å². The third-order valence-corrected chi connectivity index (χ3v) is 6.43. The lowest BCUT2D eigenvalue weighted by molar-refractivity contribution is -0.124. The monoisotopic (exact) mass is 525 g/mol. The summed E-state index contributed by atoms with van der Waals surface area (Å²) in [6.45, 7) is 2.78. The summed E-state index contributed by atoms with van der Waals surface area (Å²) < 4.78 is 18.8. The first-order valence-electron chi connectivity index (χ1n) is 11.5. The highest BCUT2D eigenvalue weighted by molar-refractivity contribution is 7.80. The number of hydrogen-bond acceptors (Lipinski definition) is 4. The first-order chi connectivity index (χ1) is 17.4. The number of nitrogens with one attached hydrogen (secondary N) is 1. The molecule has 1 aliphatic rings. The Morgan fingerprint density at radius 2 is 1.83 bits per heavy atom. The molecule has 0 aromatic heterocycles. The highest BCUT2D eigenvalue weighted by Crippen LogP contribution is 2.29. The molecule has 1 N–H and O–H groups in total. The van der Waals surface area contributed by atoms with Gasteiger partial charge >= 0.3 is 0 Å². The van der Waals surface area contributed by atoms with Gasteiger partial charge in [-0.15, -0.1) is 0 Å². The van der Waals surface area contributed by atoms with Gasteiger partial charge in [0.05, 0.1) is 18.7 Å². The molecule has 9 heteroatoms. The molecule has 36 heavy (non-hydrogen) atoms. The second kappa shape index (κ2) is 11.5. The number of hydrogen-bond donors (Lipinski definition) is 1. The van der Waals surface area contributed by atoms with Crippen molar-refractivity contribution < 1.29 is 18.7 Å². The van der Waals surface area contributed by atoms with Crippen LogP contribution in [0.1, 0.15) is 18.9 Å². The molecule has 0 aliphatic carbocycles. The van der Waals surface area contributed by atoms with Gasteiger partial charge in [-0.25, -0.2) is 4.39 Å². The molecular formula is C27H25ClFN3O3S. The number of amides is 2. The van der Waals surface area contributed by atoms with Crippen molar-refractivity contribution >= 4 is 52.1 Å². The maximum atomic E-state index is 13.5. The summed E-state index contributed by atoms with van der Waals surface area (Å²) in [6, 6.07) is 19.3. The predicted octanol–water partition coefficient (Wildman–Crippen LogP) is 5.45. The fourth-order valence-corrected chi connectivity index (χ4v) is 4.57. The van der Waals surface area contributed by atoms with Crippen molar-refractivity contribution in [3.63, 3.8) is 0 Å². The van der Waals surface area contributed by atoms with Crippen LogP contribution in [0.2, 0.25) is 5.02 Å². The fraction of sp³-hybridized carbons (Fsp3) is 0.222. The standard InChI is InChI=1S/C27H25ClFN3O3S/c1-2-35-23-5-3-4-21(16-23)30-25(33)17-24-26(34)32(22-12-8-19(28)9-13-22)27(36)31(24)15-14-18-6-10-20(29)11-7-18/h3-13,16,24H,2,14-15,17H2,1H3,(H,30,33)/t24-/m1/s1. The molecule has 0 bridgehead atoms. The highest BCUT2D eigenvalue weighted by Gasteiger charge is 2.43. The average molecular weight is 526 g/mol. The summed E-state index contributed by atoms with van der Waals surface area (Å²) in [5.41, 5.74) is 2.05. The average Bonchev–Trinajstić information content (AvgIpc) is 3.08. The summed E-state index contributed by atoms with van der Waals surface area (Å²) >= 11 is 11.7. The zero-order valence-electron chi connectivity index (χ0n) is 19.6. The Morgan fingerprint density at radius 1 is 1.11 bits per heavy atom. The molecule has 4 rings (SSSR count). The van der Waals surface area contributed by atoms with Crippen LogP contribution in [0.4, 0.5) is 15.8 Å². The Hall–Kier alpha value is -3.49. The molecule has 1 saturated heterocycles. The molecule has 0 radical (unpaired) electrons. The lowest BCUT2D eigenvalue weighted by Crippen LogP contribution is -2.39. The Bertz CT molecular complexity index is 1250. The van der Waals surface area contributed by atoms with Crippen molar-refractivity contribution in [2.45, 2.75) is 25.8 Å². The summed E-state index contributed by atoms with van der Waals surface area (Å²) in [7, 11) is 0. The van der Waals surface area contributed by atoms with Crippen LogP contribution in [0.25, 0.3) is 0 Å². The molecule has 1 fully saturated rings. The lowest BCUT2D eigenvalue weighted by atomic mass is 10.1. The molecule has 2 amide bonds. The highest BCUT2D eigenvalue weighted by atomic mass is 35.5. The van der Waals surface area contributed by atoms with E-state index in [1.54, 1.807) is 65.6 Å². The molecule has 0 spiro atoms. The van der Waals surface area contributed by atoms with E-state index in [9.17, 15) is 14.0 Å². The van der Waals surface area contributed by atoms with E-state index in [2.05, 4.69) is 5.32 Å². The summed E-state index contributed by atoms with van der Waals surface area (Å²) in [5.74, 6) is -0.292. The number of nitrogens with zero attached hydrogens (tertiary/aromatic N) is 2. The minimum Gasteiger partial charge on any atom is -0.494 e. The van der Waals surface area contributed by atoms with Crippen LogP contribution in [0.5, 0.6) is 5.75 Å². The molecule has 0 saturated carbocycles. The summed E-state index contributed by atoms with van der Waals surface area (Å²) in [4.78, 5) is 29.7. The molecule has 186 valence electrons. The van der Waals surface area contributed by atoms with E-state index in [1.165, 1.54) is 17.0 Å². The molecule has 0 unspecified atom stereocenters. The SMILES string of the molecule is CCOc1cccc(NC(=O)C[C@@H]2C(=O)N(c3ccc(Cl)cc3)C(=S)N2CCc2ccc(F)cc2)c1. The zero-order chi connectivity index (χ0) is 25.7. The number of thiocarbonyl (C=S) groups is 1. The Labute approximate surface area is 219 Å². The number of carbonyl (C=O) groups is 2. The number of carbonyl (C=O) groups excluding carboxylic acids is 2. The molecule has 3 aromatic rings. The Balaban J connectivity index is 1.54. The van der Waals surface area contributed by atoms with Crippen molar-refractivity contribution in [3.8, 4) is 5.75 Å². The Morgan fingerprint density at radius 3 is 2.53 bits per heavy atom. The van der Waals surface area contributed by atoms with Gasteiger partial charge in [0.2, 0.25) is 5.91 Å². The van der Waals surface area contributed by atoms with Crippen LogP contribution in [0, 0.1) is 5.82 Å². The van der Waals surface area contributed by atoms with Crippen molar-refractivity contribution in [1.29, 1.82) is 0 Å². The number of ether oxygens (including phenoxy) is 1. The molecule has 1 aliphatic heterocycles. The minimum absolute atomic E-state index is 0.0919. The van der Waals surface area contributed by atoms with Crippen LogP contribution >= 0.6 is 23.8 Å². The van der Waals surface area contributed by atoms with Gasteiger partial charge in [0.15, 0.2) is 5.11 Å².